The van der Waals surface area contributed by atoms with Crippen molar-refractivity contribution in [3.63, 3.8) is 0 Å². The van der Waals surface area contributed by atoms with Gasteiger partial charge in [-0.15, -0.1) is 11.3 Å². The number of ether oxygens (including phenoxy) is 1. The summed E-state index contributed by atoms with van der Waals surface area (Å²) in [6.45, 7) is 6.76. The van der Waals surface area contributed by atoms with Crippen LogP contribution in [0.5, 0.6) is 17.2 Å². The first-order valence-electron chi connectivity index (χ1n) is 21.2. The Labute approximate surface area is 357 Å². The summed E-state index contributed by atoms with van der Waals surface area (Å²) in [5.74, 6) is -0.233. The van der Waals surface area contributed by atoms with Crippen LogP contribution >= 0.6 is 11.3 Å². The van der Waals surface area contributed by atoms with Crippen molar-refractivity contribution >= 4 is 50.8 Å². The molecule has 4 amide bonds. The van der Waals surface area contributed by atoms with Gasteiger partial charge in [-0.1, -0.05) is 6.07 Å². The number of phenolic OH excluding ortho intramolecular Hbond substituents is 2. The van der Waals surface area contributed by atoms with Gasteiger partial charge < -0.3 is 24.7 Å². The smallest absolute Gasteiger partial charge is 0.262 e. The molecule has 4 aromatic carbocycles. The van der Waals surface area contributed by atoms with E-state index in [9.17, 15) is 34.2 Å². The van der Waals surface area contributed by atoms with E-state index in [1.165, 1.54) is 11.3 Å². The summed E-state index contributed by atoms with van der Waals surface area (Å²) in [4.78, 5) is 71.3. The van der Waals surface area contributed by atoms with Crippen LogP contribution in [0.4, 0.5) is 0 Å². The van der Waals surface area contributed by atoms with E-state index in [2.05, 4.69) is 15.1 Å². The number of amides is 4. The van der Waals surface area contributed by atoms with Gasteiger partial charge in [0.2, 0.25) is 11.8 Å². The minimum absolute atomic E-state index is 0.100. The molecule has 0 bridgehead atoms. The summed E-state index contributed by atoms with van der Waals surface area (Å²) >= 11 is 1.44. The van der Waals surface area contributed by atoms with Crippen molar-refractivity contribution in [2.75, 3.05) is 45.9 Å². The lowest BCUT2D eigenvalue weighted by molar-refractivity contribution is -0.136. The molecular weight excluding hydrogens is 793 g/mol. The topological polar surface area (TPSA) is 157 Å². The number of carbonyl (C=O) groups is 5. The quantitative estimate of drug-likeness (QED) is 0.0886. The van der Waals surface area contributed by atoms with Crippen LogP contribution in [-0.2, 0) is 9.59 Å². The molecule has 61 heavy (non-hydrogen) atoms. The largest absolute Gasteiger partial charge is 0.508 e. The number of ketones is 1. The van der Waals surface area contributed by atoms with Gasteiger partial charge in [-0.25, -0.2) is 0 Å². The fourth-order valence-electron chi connectivity index (χ4n) is 9.31. The van der Waals surface area contributed by atoms with E-state index in [1.54, 1.807) is 48.5 Å². The third-order valence-electron chi connectivity index (χ3n) is 12.8. The second kappa shape index (κ2) is 17.2. The molecule has 0 radical (unpaired) electrons. The maximum absolute atomic E-state index is 14.0. The van der Waals surface area contributed by atoms with E-state index >= 15 is 0 Å². The van der Waals surface area contributed by atoms with E-state index in [4.69, 9.17) is 4.74 Å². The van der Waals surface area contributed by atoms with Gasteiger partial charge in [0.1, 0.15) is 23.3 Å². The van der Waals surface area contributed by atoms with Gasteiger partial charge in [0.05, 0.1) is 17.7 Å². The van der Waals surface area contributed by atoms with Crippen LogP contribution < -0.4 is 10.1 Å². The first-order chi connectivity index (χ1) is 29.6. The normalized spacial score (nSPS) is 19.4. The average Bonchev–Trinajstić information content (AvgIpc) is 3.76. The molecule has 3 saturated heterocycles. The minimum atomic E-state index is -0.958. The van der Waals surface area contributed by atoms with Crippen molar-refractivity contribution in [3.8, 4) is 27.7 Å². The highest BCUT2D eigenvalue weighted by molar-refractivity contribution is 7.22. The first-order valence-corrected chi connectivity index (χ1v) is 22.0. The molecule has 4 aliphatic heterocycles. The number of benzene rings is 4. The van der Waals surface area contributed by atoms with E-state index in [1.807, 2.05) is 36.4 Å². The molecule has 12 nitrogen and oxygen atoms in total. The number of nitrogens with one attached hydrogen (secondary N) is 1. The maximum Gasteiger partial charge on any atom is 0.262 e. The lowest BCUT2D eigenvalue weighted by Crippen LogP contribution is -2.54. The van der Waals surface area contributed by atoms with E-state index in [0.29, 0.717) is 40.7 Å². The minimum Gasteiger partial charge on any atom is -0.508 e. The zero-order valence-electron chi connectivity index (χ0n) is 33.8. The summed E-state index contributed by atoms with van der Waals surface area (Å²) in [7, 11) is 0. The van der Waals surface area contributed by atoms with Crippen LogP contribution in [0, 0.1) is 5.92 Å². The summed E-state index contributed by atoms with van der Waals surface area (Å²) in [5.41, 5.74) is 3.67. The average molecular weight is 841 g/mol. The van der Waals surface area contributed by atoms with Crippen molar-refractivity contribution in [2.24, 2.45) is 5.92 Å². The second-order valence-corrected chi connectivity index (χ2v) is 17.8. The Bertz CT molecular complexity index is 2500. The lowest BCUT2D eigenvalue weighted by atomic mass is 9.87. The molecule has 1 atom stereocenters. The number of likely N-dealkylation sites (tertiary alicyclic amines) is 2. The van der Waals surface area contributed by atoms with E-state index in [0.717, 1.165) is 108 Å². The van der Waals surface area contributed by atoms with Gasteiger partial charge in [-0.05, 0) is 180 Å². The van der Waals surface area contributed by atoms with Gasteiger partial charge in [-0.2, -0.15) is 0 Å². The number of hydrogen-bond acceptors (Lipinski definition) is 11. The number of piperidine rings is 3. The van der Waals surface area contributed by atoms with Crippen LogP contribution in [-0.4, -0.2) is 106 Å². The Morgan fingerprint density at radius 1 is 0.738 bits per heavy atom. The van der Waals surface area contributed by atoms with Gasteiger partial charge in [0.15, 0.2) is 5.78 Å². The van der Waals surface area contributed by atoms with Gasteiger partial charge >= 0.3 is 0 Å². The fraction of sp³-hybridized carbons (Fsp3) is 0.354. The Morgan fingerprint density at radius 2 is 1.41 bits per heavy atom. The first kappa shape index (κ1) is 40.5. The van der Waals surface area contributed by atoms with Crippen LogP contribution in [0.1, 0.15) is 93.1 Å². The molecule has 4 aliphatic rings. The number of rotatable bonds is 12. The van der Waals surface area contributed by atoms with Crippen molar-refractivity contribution in [2.45, 2.75) is 56.9 Å². The number of phenols is 2. The zero-order chi connectivity index (χ0) is 42.2. The molecule has 0 saturated carbocycles. The number of fused-ring (bicyclic) bond motifs is 2. The Hall–Kier alpha value is -5.89. The molecule has 0 aliphatic carbocycles. The number of imide groups is 2. The zero-order valence-corrected chi connectivity index (χ0v) is 34.6. The van der Waals surface area contributed by atoms with Crippen molar-refractivity contribution in [1.29, 1.82) is 0 Å². The highest BCUT2D eigenvalue weighted by Gasteiger charge is 2.45. The Kier molecular flexibility index (Phi) is 11.4. The van der Waals surface area contributed by atoms with Gasteiger partial charge in [0.25, 0.3) is 11.8 Å². The summed E-state index contributed by atoms with van der Waals surface area (Å²) in [5, 5.41) is 23.0. The molecule has 1 aromatic heterocycles. The summed E-state index contributed by atoms with van der Waals surface area (Å²) in [6.07, 6.45) is 5.44. The third kappa shape index (κ3) is 8.42. The molecule has 1 unspecified atom stereocenters. The molecule has 5 aromatic rings. The van der Waals surface area contributed by atoms with Crippen molar-refractivity contribution in [1.82, 2.24) is 20.0 Å². The molecule has 314 valence electrons. The lowest BCUT2D eigenvalue weighted by Gasteiger charge is -2.34. The van der Waals surface area contributed by atoms with Crippen molar-refractivity contribution < 1.29 is 38.9 Å². The molecule has 3 fully saturated rings. The third-order valence-corrected chi connectivity index (χ3v) is 14.0. The molecule has 3 N–H and O–H groups in total. The van der Waals surface area contributed by atoms with Crippen LogP contribution in [0.25, 0.3) is 20.5 Å². The standard InChI is InChI=1S/C48H48N4O8S/c53-34-7-2-32(3-8-34)45-43(38-13-9-35(54)27-41(38)61-45)44(56)31-4-10-36(11-5-31)60-28-29-16-22-50(23-17-29)20-1-21-51-24-18-30(19-25-51)33-6-12-37-39(26-33)48(59)52(47(37)58)40-14-15-42(55)49-46(40)57/h2-13,26-27,29-30,40,53-54H,1,14-25,28H2,(H,49,55,57). The molecule has 0 spiro atoms. The maximum atomic E-state index is 14.0. The molecular formula is C48H48N4O8S. The summed E-state index contributed by atoms with van der Waals surface area (Å²) in [6, 6.07) is 23.7. The molecule has 9 rings (SSSR count). The number of aromatic hydroxyl groups is 2. The van der Waals surface area contributed by atoms with Crippen LogP contribution in [0.3, 0.4) is 0 Å². The Morgan fingerprint density at radius 3 is 2.11 bits per heavy atom. The molecule has 5 heterocycles. The van der Waals surface area contributed by atoms with Crippen LogP contribution in [0.2, 0.25) is 0 Å². The van der Waals surface area contributed by atoms with Crippen molar-refractivity contribution in [3.05, 3.63) is 113 Å². The molecule has 13 heteroatoms. The Balaban J connectivity index is 0.705. The predicted octanol–water partition coefficient (Wildman–Crippen LogP) is 6.97. The van der Waals surface area contributed by atoms with E-state index in [-0.39, 0.29) is 36.0 Å². The highest BCUT2D eigenvalue weighted by Crippen LogP contribution is 2.42. The summed E-state index contributed by atoms with van der Waals surface area (Å²) < 4.78 is 7.03. The number of carbonyl (C=O) groups excluding carboxylic acids is 5. The van der Waals surface area contributed by atoms with E-state index < -0.39 is 23.8 Å². The SMILES string of the molecule is O=C1CCC(N2C(=O)c3ccc(C4CCN(CCCN5CCC(COc6ccc(C(=O)c7c(-c8ccc(O)cc8)sc8cc(O)ccc78)cc6)CC5)CC4)cc3C2=O)C(=O)N1. The van der Waals surface area contributed by atoms with Crippen LogP contribution in [0.15, 0.2) is 84.9 Å². The highest BCUT2D eigenvalue weighted by atomic mass is 32.1. The van der Waals surface area contributed by atoms with Gasteiger partial charge in [-0.3, -0.25) is 34.2 Å². The monoisotopic (exact) mass is 840 g/mol. The number of nitrogens with zero attached hydrogens (tertiary/aromatic N) is 3. The second-order valence-electron chi connectivity index (χ2n) is 16.7. The number of thiophene rings is 1. The fourth-order valence-corrected chi connectivity index (χ4v) is 10.6. The number of hydrogen-bond donors (Lipinski definition) is 3. The van der Waals surface area contributed by atoms with Gasteiger partial charge in [0, 0.05) is 32.5 Å². The predicted molar refractivity (Wildman–Crippen MR) is 231 cm³/mol.